The summed E-state index contributed by atoms with van der Waals surface area (Å²) in [5.74, 6) is 0.148. The van der Waals surface area contributed by atoms with Gasteiger partial charge < -0.3 is 4.90 Å². The van der Waals surface area contributed by atoms with Crippen molar-refractivity contribution in [3.63, 3.8) is 0 Å². The molecule has 0 unspecified atom stereocenters. The maximum Gasteiger partial charge on any atom is 0.229 e. The standard InChI is InChI=1S/C24H31N3OS.ClH/c1-5-26(6-2)16-17-27(22(28)15-13-20-10-8-7-9-11-20)24-25-23-19(4)18(3)12-14-21(23)29-24;/h7-12,14H,5-6,13,15-17H2,1-4H3;1H. The summed E-state index contributed by atoms with van der Waals surface area (Å²) in [6.45, 7) is 12.0. The SMILES string of the molecule is CCN(CC)CCN(C(=O)CCc1ccccc1)c1nc2c(C)c(C)ccc2s1.Cl. The van der Waals surface area contributed by atoms with E-state index in [-0.39, 0.29) is 18.3 Å². The second-order valence-electron chi connectivity index (χ2n) is 7.41. The Kier molecular flexibility index (Phi) is 9.28. The molecule has 162 valence electrons. The van der Waals surface area contributed by atoms with Gasteiger partial charge in [-0.2, -0.15) is 0 Å². The zero-order valence-electron chi connectivity index (χ0n) is 18.4. The number of carbonyl (C=O) groups is 1. The summed E-state index contributed by atoms with van der Waals surface area (Å²) in [6.07, 6.45) is 1.25. The number of anilines is 1. The lowest BCUT2D eigenvalue weighted by Gasteiger charge is -2.24. The van der Waals surface area contributed by atoms with E-state index in [1.165, 1.54) is 16.7 Å². The third-order valence-electron chi connectivity index (χ3n) is 5.61. The molecule has 0 aliphatic rings. The van der Waals surface area contributed by atoms with Crippen LogP contribution in [0.25, 0.3) is 10.2 Å². The topological polar surface area (TPSA) is 36.4 Å². The van der Waals surface area contributed by atoms with E-state index in [1.54, 1.807) is 11.3 Å². The number of rotatable bonds is 9. The molecule has 0 saturated heterocycles. The maximum atomic E-state index is 13.2. The molecule has 3 aromatic rings. The van der Waals surface area contributed by atoms with Gasteiger partial charge >= 0.3 is 0 Å². The Hall–Kier alpha value is -1.95. The van der Waals surface area contributed by atoms with Crippen molar-refractivity contribution >= 4 is 45.0 Å². The molecule has 2 aromatic carbocycles. The molecule has 0 aliphatic heterocycles. The fourth-order valence-corrected chi connectivity index (χ4v) is 4.54. The number of thiazole rings is 1. The lowest BCUT2D eigenvalue weighted by Crippen LogP contribution is -2.39. The first-order valence-electron chi connectivity index (χ1n) is 10.5. The number of hydrogen-bond donors (Lipinski definition) is 0. The number of amides is 1. The first kappa shape index (κ1) is 24.3. The molecule has 0 bridgehead atoms. The normalized spacial score (nSPS) is 11.0. The van der Waals surface area contributed by atoms with E-state index in [0.717, 1.165) is 41.4 Å². The van der Waals surface area contributed by atoms with Crippen molar-refractivity contribution in [2.75, 3.05) is 31.1 Å². The number of fused-ring (bicyclic) bond motifs is 1. The van der Waals surface area contributed by atoms with Gasteiger partial charge in [0, 0.05) is 19.5 Å². The summed E-state index contributed by atoms with van der Waals surface area (Å²) in [6, 6.07) is 14.5. The Morgan fingerprint density at radius 1 is 1.00 bits per heavy atom. The van der Waals surface area contributed by atoms with Crippen molar-refractivity contribution in [3.05, 3.63) is 59.2 Å². The van der Waals surface area contributed by atoms with E-state index in [2.05, 4.69) is 56.9 Å². The summed E-state index contributed by atoms with van der Waals surface area (Å²) in [4.78, 5) is 22.3. The minimum absolute atomic E-state index is 0. The monoisotopic (exact) mass is 445 g/mol. The fourth-order valence-electron chi connectivity index (χ4n) is 3.47. The summed E-state index contributed by atoms with van der Waals surface area (Å²) < 4.78 is 1.15. The fraction of sp³-hybridized carbons (Fsp3) is 0.417. The van der Waals surface area contributed by atoms with E-state index in [1.807, 2.05) is 23.1 Å². The lowest BCUT2D eigenvalue weighted by molar-refractivity contribution is -0.118. The Labute approximate surface area is 190 Å². The van der Waals surface area contributed by atoms with Gasteiger partial charge in [-0.15, -0.1) is 12.4 Å². The predicted molar refractivity (Wildman–Crippen MR) is 131 cm³/mol. The van der Waals surface area contributed by atoms with Crippen molar-refractivity contribution in [3.8, 4) is 0 Å². The van der Waals surface area contributed by atoms with Crippen molar-refractivity contribution in [1.29, 1.82) is 0 Å². The number of benzene rings is 2. The number of nitrogens with zero attached hydrogens (tertiary/aromatic N) is 3. The van der Waals surface area contributed by atoms with Crippen LogP contribution in [0.2, 0.25) is 0 Å². The molecular formula is C24H32ClN3OS. The first-order chi connectivity index (χ1) is 14.0. The first-order valence-corrected chi connectivity index (χ1v) is 11.3. The number of carbonyl (C=O) groups excluding carboxylic acids is 1. The van der Waals surface area contributed by atoms with Gasteiger partial charge in [0.1, 0.15) is 0 Å². The van der Waals surface area contributed by atoms with Gasteiger partial charge in [-0.3, -0.25) is 9.69 Å². The molecule has 1 amide bonds. The smallest absolute Gasteiger partial charge is 0.229 e. The van der Waals surface area contributed by atoms with Gasteiger partial charge in [-0.25, -0.2) is 4.98 Å². The summed E-state index contributed by atoms with van der Waals surface area (Å²) >= 11 is 1.62. The minimum Gasteiger partial charge on any atom is -0.302 e. The van der Waals surface area contributed by atoms with Crippen molar-refractivity contribution in [1.82, 2.24) is 9.88 Å². The highest BCUT2D eigenvalue weighted by molar-refractivity contribution is 7.22. The average Bonchev–Trinajstić information content (AvgIpc) is 3.18. The molecule has 4 nitrogen and oxygen atoms in total. The van der Waals surface area contributed by atoms with Gasteiger partial charge in [0.2, 0.25) is 5.91 Å². The Morgan fingerprint density at radius 3 is 2.37 bits per heavy atom. The van der Waals surface area contributed by atoms with E-state index in [4.69, 9.17) is 4.98 Å². The van der Waals surface area contributed by atoms with Gasteiger partial charge in [-0.05, 0) is 56.1 Å². The highest BCUT2D eigenvalue weighted by atomic mass is 35.5. The van der Waals surface area contributed by atoms with Crippen LogP contribution in [0.15, 0.2) is 42.5 Å². The molecule has 0 saturated carbocycles. The number of likely N-dealkylation sites (N-methyl/N-ethyl adjacent to an activating group) is 1. The number of hydrogen-bond acceptors (Lipinski definition) is 4. The average molecular weight is 446 g/mol. The molecule has 30 heavy (non-hydrogen) atoms. The minimum atomic E-state index is 0. The second kappa shape index (κ2) is 11.4. The molecule has 0 atom stereocenters. The van der Waals surface area contributed by atoms with Crippen LogP contribution in [0.3, 0.4) is 0 Å². The van der Waals surface area contributed by atoms with Crippen molar-refractivity contribution < 1.29 is 4.79 Å². The van der Waals surface area contributed by atoms with Crippen LogP contribution < -0.4 is 4.90 Å². The number of aryl methyl sites for hydroxylation is 3. The molecule has 0 aliphatic carbocycles. The lowest BCUT2D eigenvalue weighted by atomic mass is 10.1. The van der Waals surface area contributed by atoms with Crippen LogP contribution in [0.5, 0.6) is 0 Å². The highest BCUT2D eigenvalue weighted by Gasteiger charge is 2.21. The van der Waals surface area contributed by atoms with Crippen LogP contribution in [-0.4, -0.2) is 42.0 Å². The predicted octanol–water partition coefficient (Wildman–Crippen LogP) is 5.64. The molecular weight excluding hydrogens is 414 g/mol. The maximum absolute atomic E-state index is 13.2. The second-order valence-corrected chi connectivity index (χ2v) is 8.42. The van der Waals surface area contributed by atoms with Crippen LogP contribution in [-0.2, 0) is 11.2 Å². The summed E-state index contributed by atoms with van der Waals surface area (Å²) in [5.41, 5.74) is 4.65. The van der Waals surface area contributed by atoms with Gasteiger partial charge in [0.15, 0.2) is 5.13 Å². The van der Waals surface area contributed by atoms with E-state index in [9.17, 15) is 4.79 Å². The molecule has 3 rings (SSSR count). The summed E-state index contributed by atoms with van der Waals surface area (Å²) in [5, 5.41) is 0.818. The van der Waals surface area contributed by atoms with E-state index in [0.29, 0.717) is 13.0 Å². The third kappa shape index (κ3) is 5.81. The van der Waals surface area contributed by atoms with Gasteiger partial charge in [-0.1, -0.05) is 61.6 Å². The Balaban J connectivity index is 0.00000320. The zero-order valence-corrected chi connectivity index (χ0v) is 20.0. The molecule has 0 N–H and O–H groups in total. The number of aromatic nitrogens is 1. The molecule has 1 aromatic heterocycles. The molecule has 6 heteroatoms. The third-order valence-corrected chi connectivity index (χ3v) is 6.65. The van der Waals surface area contributed by atoms with Crippen LogP contribution >= 0.6 is 23.7 Å². The Bertz CT molecular complexity index is 954. The van der Waals surface area contributed by atoms with Gasteiger partial charge in [0.05, 0.1) is 10.2 Å². The van der Waals surface area contributed by atoms with E-state index >= 15 is 0 Å². The Morgan fingerprint density at radius 2 is 1.70 bits per heavy atom. The van der Waals surface area contributed by atoms with E-state index < -0.39 is 0 Å². The number of halogens is 1. The largest absolute Gasteiger partial charge is 0.302 e. The van der Waals surface area contributed by atoms with Gasteiger partial charge in [0.25, 0.3) is 0 Å². The quantitative estimate of drug-likeness (QED) is 0.427. The van der Waals surface area contributed by atoms with Crippen molar-refractivity contribution in [2.45, 2.75) is 40.5 Å². The zero-order chi connectivity index (χ0) is 20.8. The highest BCUT2D eigenvalue weighted by Crippen LogP contribution is 2.32. The molecule has 0 spiro atoms. The van der Waals surface area contributed by atoms with Crippen LogP contribution in [0, 0.1) is 13.8 Å². The van der Waals surface area contributed by atoms with Crippen LogP contribution in [0.4, 0.5) is 5.13 Å². The molecule has 0 radical (unpaired) electrons. The van der Waals surface area contributed by atoms with Crippen LogP contribution in [0.1, 0.15) is 37.0 Å². The van der Waals surface area contributed by atoms with Crippen molar-refractivity contribution in [2.24, 2.45) is 0 Å². The molecule has 0 fully saturated rings. The molecule has 1 heterocycles. The summed E-state index contributed by atoms with van der Waals surface area (Å²) in [7, 11) is 0.